The van der Waals surface area contributed by atoms with E-state index < -0.39 is 0 Å². The van der Waals surface area contributed by atoms with E-state index in [4.69, 9.17) is 4.74 Å². The zero-order valence-corrected chi connectivity index (χ0v) is 13.9. The maximum atomic E-state index is 12.6. The van der Waals surface area contributed by atoms with Gasteiger partial charge in [0.25, 0.3) is 5.91 Å². The smallest absolute Gasteiger partial charge is 0.251 e. The monoisotopic (exact) mass is 316 g/mol. The molecule has 1 aromatic rings. The van der Waals surface area contributed by atoms with Crippen molar-refractivity contribution in [3.05, 3.63) is 18.0 Å². The number of carbonyl (C=O) groups excluding carboxylic acids is 1. The number of aryl methyl sites for hydroxylation is 1. The van der Waals surface area contributed by atoms with Crippen molar-refractivity contribution in [3.8, 4) is 0 Å². The molecule has 0 bridgehead atoms. The van der Waals surface area contributed by atoms with Crippen molar-refractivity contribution in [2.45, 2.75) is 32.8 Å². The predicted molar refractivity (Wildman–Crippen MR) is 86.1 cm³/mol. The summed E-state index contributed by atoms with van der Waals surface area (Å²) in [6, 6.07) is 1.92. The second-order valence-corrected chi connectivity index (χ2v) is 7.45. The Bertz CT molecular complexity index is 616. The summed E-state index contributed by atoms with van der Waals surface area (Å²) in [5.74, 6) is 1.49. The first-order chi connectivity index (χ1) is 11.0. The average Bonchev–Trinajstić information content (AvgIpc) is 3.20. The van der Waals surface area contributed by atoms with Gasteiger partial charge in [0, 0.05) is 56.0 Å². The molecule has 4 rings (SSSR count). The van der Waals surface area contributed by atoms with Crippen LogP contribution in [0.15, 0.2) is 12.3 Å². The van der Waals surface area contributed by atoms with E-state index in [1.165, 1.54) is 0 Å². The molecule has 1 amide bonds. The first-order valence-electron chi connectivity index (χ1n) is 8.50. The minimum atomic E-state index is -0.200. The SMILES string of the molecule is Cc1ccnc(N2C[C@@H]3CN(C(=O)[C@H]4CCCO4)C[C@]3(C)C2)n1. The van der Waals surface area contributed by atoms with Gasteiger partial charge in [0.1, 0.15) is 6.10 Å². The highest BCUT2D eigenvalue weighted by atomic mass is 16.5. The summed E-state index contributed by atoms with van der Waals surface area (Å²) in [4.78, 5) is 25.8. The molecular weight excluding hydrogens is 292 g/mol. The number of aromatic nitrogens is 2. The number of fused-ring (bicyclic) bond motifs is 1. The molecule has 6 heteroatoms. The number of amides is 1. The van der Waals surface area contributed by atoms with Gasteiger partial charge in [0.05, 0.1) is 0 Å². The van der Waals surface area contributed by atoms with Crippen LogP contribution in [0.5, 0.6) is 0 Å². The van der Waals surface area contributed by atoms with Gasteiger partial charge >= 0.3 is 0 Å². The lowest BCUT2D eigenvalue weighted by atomic mass is 9.83. The van der Waals surface area contributed by atoms with Gasteiger partial charge in [0.15, 0.2) is 0 Å². The molecule has 0 radical (unpaired) electrons. The van der Waals surface area contributed by atoms with Crippen molar-refractivity contribution in [2.75, 3.05) is 37.7 Å². The van der Waals surface area contributed by atoms with E-state index >= 15 is 0 Å². The van der Waals surface area contributed by atoms with E-state index in [-0.39, 0.29) is 17.4 Å². The summed E-state index contributed by atoms with van der Waals surface area (Å²) in [5.41, 5.74) is 1.12. The van der Waals surface area contributed by atoms with Crippen molar-refractivity contribution in [3.63, 3.8) is 0 Å². The normalized spacial score (nSPS) is 33.3. The van der Waals surface area contributed by atoms with Crippen molar-refractivity contribution in [1.29, 1.82) is 0 Å². The summed E-state index contributed by atoms with van der Waals surface area (Å²) in [5, 5.41) is 0. The van der Waals surface area contributed by atoms with Gasteiger partial charge in [-0.25, -0.2) is 9.97 Å². The van der Waals surface area contributed by atoms with Crippen molar-refractivity contribution < 1.29 is 9.53 Å². The number of rotatable bonds is 2. The third kappa shape index (κ3) is 2.59. The molecule has 0 aromatic carbocycles. The van der Waals surface area contributed by atoms with E-state index in [2.05, 4.69) is 21.8 Å². The fourth-order valence-corrected chi connectivity index (χ4v) is 4.22. The standard InChI is InChI=1S/C17H24N4O2/c1-12-5-6-18-16(19-12)21-9-13-8-20(10-17(13,2)11-21)15(22)14-4-3-7-23-14/h5-6,13-14H,3-4,7-11H2,1-2H3/t13-,14+,17+/m0/s1. The fraction of sp³-hybridized carbons (Fsp3) is 0.706. The molecule has 3 saturated heterocycles. The number of anilines is 1. The zero-order chi connectivity index (χ0) is 16.0. The lowest BCUT2D eigenvalue weighted by Crippen LogP contribution is -2.41. The highest BCUT2D eigenvalue weighted by Crippen LogP contribution is 2.43. The van der Waals surface area contributed by atoms with Crippen LogP contribution in [-0.4, -0.2) is 59.7 Å². The van der Waals surface area contributed by atoms with Crippen LogP contribution in [-0.2, 0) is 9.53 Å². The Kier molecular flexibility index (Phi) is 3.52. The topological polar surface area (TPSA) is 58.6 Å². The first kappa shape index (κ1) is 14.9. The minimum Gasteiger partial charge on any atom is -0.368 e. The lowest BCUT2D eigenvalue weighted by Gasteiger charge is -2.26. The highest BCUT2D eigenvalue weighted by molar-refractivity contribution is 5.81. The van der Waals surface area contributed by atoms with E-state index in [1.54, 1.807) is 0 Å². The van der Waals surface area contributed by atoms with Gasteiger partial charge in [-0.05, 0) is 25.8 Å². The van der Waals surface area contributed by atoms with Crippen molar-refractivity contribution in [2.24, 2.45) is 11.3 Å². The summed E-state index contributed by atoms with van der Waals surface area (Å²) in [6.45, 7) is 8.49. The van der Waals surface area contributed by atoms with Gasteiger partial charge in [0.2, 0.25) is 5.95 Å². The van der Waals surface area contributed by atoms with Crippen LogP contribution < -0.4 is 4.90 Å². The maximum Gasteiger partial charge on any atom is 0.251 e. The molecule has 124 valence electrons. The first-order valence-corrected chi connectivity index (χ1v) is 8.50. The molecule has 0 N–H and O–H groups in total. The molecule has 23 heavy (non-hydrogen) atoms. The number of likely N-dealkylation sites (tertiary alicyclic amines) is 1. The summed E-state index contributed by atoms with van der Waals surface area (Å²) in [6.07, 6.45) is 3.50. The number of ether oxygens (including phenoxy) is 1. The highest BCUT2D eigenvalue weighted by Gasteiger charge is 2.51. The van der Waals surface area contributed by atoms with Gasteiger partial charge < -0.3 is 14.5 Å². The summed E-state index contributed by atoms with van der Waals surface area (Å²) < 4.78 is 5.56. The molecule has 4 heterocycles. The molecule has 0 spiro atoms. The van der Waals surface area contributed by atoms with E-state index in [9.17, 15) is 4.79 Å². The Balaban J connectivity index is 1.45. The Morgan fingerprint density at radius 3 is 2.96 bits per heavy atom. The van der Waals surface area contributed by atoms with Gasteiger partial charge in [-0.3, -0.25) is 4.79 Å². The number of hydrogen-bond donors (Lipinski definition) is 0. The van der Waals surface area contributed by atoms with Gasteiger partial charge in [-0.2, -0.15) is 0 Å². The summed E-state index contributed by atoms with van der Waals surface area (Å²) >= 11 is 0. The van der Waals surface area contributed by atoms with Crippen LogP contribution in [0.4, 0.5) is 5.95 Å². The lowest BCUT2D eigenvalue weighted by molar-refractivity contribution is -0.140. The molecule has 6 nitrogen and oxygen atoms in total. The van der Waals surface area contributed by atoms with Crippen LogP contribution in [0.1, 0.15) is 25.5 Å². The van der Waals surface area contributed by atoms with Crippen LogP contribution in [0.25, 0.3) is 0 Å². The molecule has 3 aliphatic rings. The van der Waals surface area contributed by atoms with Gasteiger partial charge in [-0.15, -0.1) is 0 Å². The second-order valence-electron chi connectivity index (χ2n) is 7.45. The third-order valence-electron chi connectivity index (χ3n) is 5.55. The second kappa shape index (κ2) is 5.44. The number of hydrogen-bond acceptors (Lipinski definition) is 5. The molecule has 3 fully saturated rings. The molecule has 0 saturated carbocycles. The van der Waals surface area contributed by atoms with Gasteiger partial charge in [-0.1, -0.05) is 6.92 Å². The maximum absolute atomic E-state index is 12.6. The Morgan fingerprint density at radius 1 is 1.39 bits per heavy atom. The zero-order valence-electron chi connectivity index (χ0n) is 13.9. The van der Waals surface area contributed by atoms with Crippen LogP contribution in [0, 0.1) is 18.3 Å². The molecule has 1 aromatic heterocycles. The van der Waals surface area contributed by atoms with Crippen molar-refractivity contribution >= 4 is 11.9 Å². The van der Waals surface area contributed by atoms with Crippen molar-refractivity contribution in [1.82, 2.24) is 14.9 Å². The Labute approximate surface area is 136 Å². The summed E-state index contributed by atoms with van der Waals surface area (Å²) in [7, 11) is 0. The molecule has 3 atom stereocenters. The predicted octanol–water partition coefficient (Wildman–Crippen LogP) is 1.25. The Hall–Kier alpha value is -1.69. The van der Waals surface area contributed by atoms with Crippen LogP contribution >= 0.6 is 0 Å². The van der Waals surface area contributed by atoms with E-state index in [0.717, 1.165) is 57.3 Å². The molecule has 3 aliphatic heterocycles. The number of nitrogens with zero attached hydrogens (tertiary/aromatic N) is 4. The number of carbonyl (C=O) groups is 1. The third-order valence-corrected chi connectivity index (χ3v) is 5.55. The van der Waals surface area contributed by atoms with Crippen LogP contribution in [0.2, 0.25) is 0 Å². The largest absolute Gasteiger partial charge is 0.368 e. The Morgan fingerprint density at radius 2 is 2.26 bits per heavy atom. The van der Waals surface area contributed by atoms with E-state index in [1.807, 2.05) is 24.1 Å². The molecular formula is C17H24N4O2. The van der Waals surface area contributed by atoms with Crippen LogP contribution in [0.3, 0.4) is 0 Å². The molecule has 0 aliphatic carbocycles. The van der Waals surface area contributed by atoms with E-state index in [0.29, 0.717) is 5.92 Å². The fourth-order valence-electron chi connectivity index (χ4n) is 4.22. The molecule has 0 unspecified atom stereocenters. The minimum absolute atomic E-state index is 0.126. The quantitative estimate of drug-likeness (QED) is 0.822. The average molecular weight is 316 g/mol.